The van der Waals surface area contributed by atoms with E-state index in [4.69, 9.17) is 5.84 Å². The lowest BCUT2D eigenvalue weighted by Crippen LogP contribution is -2.48. The molecule has 0 aromatic carbocycles. The molecular formula is C19H27N5OS. The van der Waals surface area contributed by atoms with Gasteiger partial charge in [0.1, 0.15) is 0 Å². The van der Waals surface area contributed by atoms with Gasteiger partial charge in [0.15, 0.2) is 0 Å². The summed E-state index contributed by atoms with van der Waals surface area (Å²) in [7, 11) is 0. The second kappa shape index (κ2) is 9.12. The van der Waals surface area contributed by atoms with Crippen LogP contribution < -0.4 is 16.2 Å². The molecule has 2 aromatic heterocycles. The van der Waals surface area contributed by atoms with Crippen molar-refractivity contribution in [2.45, 2.75) is 26.2 Å². The number of piperazine rings is 1. The number of nitrogens with zero attached hydrogens (tertiary/aromatic N) is 3. The minimum Gasteiger partial charge on any atom is -0.367 e. The molecule has 0 atom stereocenters. The molecule has 1 fully saturated rings. The van der Waals surface area contributed by atoms with Crippen molar-refractivity contribution in [1.29, 1.82) is 0 Å². The van der Waals surface area contributed by atoms with Crippen LogP contribution in [-0.4, -0.2) is 48.5 Å². The first kappa shape index (κ1) is 18.8. The van der Waals surface area contributed by atoms with Gasteiger partial charge in [-0.15, -0.1) is 11.3 Å². The van der Waals surface area contributed by atoms with Crippen LogP contribution in [0.1, 0.15) is 22.4 Å². The number of nitrogens with one attached hydrogen (secondary N) is 1. The highest BCUT2D eigenvalue weighted by Gasteiger charge is 2.18. The molecular weight excluding hydrogens is 346 g/mol. The van der Waals surface area contributed by atoms with Gasteiger partial charge in [-0.2, -0.15) is 0 Å². The summed E-state index contributed by atoms with van der Waals surface area (Å²) in [5.41, 5.74) is 4.96. The molecule has 0 bridgehead atoms. The van der Waals surface area contributed by atoms with Crippen LogP contribution in [0.2, 0.25) is 0 Å². The number of hydrogen-bond acceptors (Lipinski definition) is 6. The van der Waals surface area contributed by atoms with Gasteiger partial charge in [-0.25, -0.2) is 0 Å². The van der Waals surface area contributed by atoms with Gasteiger partial charge in [0.05, 0.1) is 11.9 Å². The number of nitrogens with two attached hydrogens (primary N) is 1. The van der Waals surface area contributed by atoms with Crippen molar-refractivity contribution in [3.05, 3.63) is 45.9 Å². The van der Waals surface area contributed by atoms with Crippen LogP contribution in [0.25, 0.3) is 0 Å². The van der Waals surface area contributed by atoms with E-state index in [1.165, 1.54) is 9.75 Å². The fourth-order valence-electron chi connectivity index (χ4n) is 3.17. The predicted octanol–water partition coefficient (Wildman–Crippen LogP) is 1.60. The van der Waals surface area contributed by atoms with Crippen LogP contribution in [0, 0.1) is 0 Å². The average molecular weight is 374 g/mol. The van der Waals surface area contributed by atoms with Crippen LogP contribution in [0.3, 0.4) is 0 Å². The maximum absolute atomic E-state index is 11.4. The van der Waals surface area contributed by atoms with Crippen molar-refractivity contribution >= 4 is 22.9 Å². The molecule has 0 unspecified atom stereocenters. The Morgan fingerprint density at radius 1 is 1.12 bits per heavy atom. The molecule has 1 aliphatic rings. The first-order chi connectivity index (χ1) is 12.7. The lowest BCUT2D eigenvalue weighted by Gasteiger charge is -2.35. The zero-order valence-electron chi connectivity index (χ0n) is 15.3. The third-order valence-corrected chi connectivity index (χ3v) is 5.96. The van der Waals surface area contributed by atoms with Gasteiger partial charge in [0, 0.05) is 55.1 Å². The first-order valence-corrected chi connectivity index (χ1v) is 9.94. The van der Waals surface area contributed by atoms with Gasteiger partial charge in [-0.05, 0) is 43.5 Å². The van der Waals surface area contributed by atoms with Gasteiger partial charge in [0.2, 0.25) is 5.91 Å². The van der Waals surface area contributed by atoms with E-state index >= 15 is 0 Å². The fourth-order valence-corrected chi connectivity index (χ4v) is 4.19. The highest BCUT2D eigenvalue weighted by Crippen LogP contribution is 2.20. The number of rotatable bonds is 7. The van der Waals surface area contributed by atoms with Crippen LogP contribution in [0.4, 0.5) is 5.69 Å². The smallest absolute Gasteiger partial charge is 0.219 e. The van der Waals surface area contributed by atoms with Crippen molar-refractivity contribution in [1.82, 2.24) is 15.3 Å². The second-order valence-electron chi connectivity index (χ2n) is 6.57. The van der Waals surface area contributed by atoms with Crippen molar-refractivity contribution in [2.75, 3.05) is 37.6 Å². The summed E-state index contributed by atoms with van der Waals surface area (Å²) in [4.78, 5) is 23.0. The molecule has 3 rings (SSSR count). The summed E-state index contributed by atoms with van der Waals surface area (Å²) in [6.07, 6.45) is 4.91. The molecule has 0 aliphatic carbocycles. The number of thiophene rings is 1. The largest absolute Gasteiger partial charge is 0.367 e. The Kier molecular flexibility index (Phi) is 6.60. The third-order valence-electron chi connectivity index (χ3n) is 4.76. The van der Waals surface area contributed by atoms with Gasteiger partial charge in [-0.3, -0.25) is 21.0 Å². The van der Waals surface area contributed by atoms with Crippen molar-refractivity contribution in [3.8, 4) is 0 Å². The zero-order valence-corrected chi connectivity index (χ0v) is 16.1. The Hall–Kier alpha value is -1.96. The zero-order chi connectivity index (χ0) is 18.4. The van der Waals surface area contributed by atoms with E-state index in [1.54, 1.807) is 6.92 Å². The summed E-state index contributed by atoms with van der Waals surface area (Å²) in [6.45, 7) is 5.77. The van der Waals surface area contributed by atoms with Crippen LogP contribution in [0.5, 0.6) is 0 Å². The average Bonchev–Trinajstić information content (AvgIpc) is 3.13. The SMILES string of the molecule is CC(=O)N1CCN(c2ccc(CCc3ccc(CCNN)s3)nc2)CC1. The van der Waals surface area contributed by atoms with Gasteiger partial charge in [0.25, 0.3) is 0 Å². The van der Waals surface area contributed by atoms with Gasteiger partial charge in [-0.1, -0.05) is 0 Å². The predicted molar refractivity (Wildman–Crippen MR) is 106 cm³/mol. The molecule has 6 nitrogen and oxygen atoms in total. The Labute approximate surface area is 159 Å². The topological polar surface area (TPSA) is 74.5 Å². The highest BCUT2D eigenvalue weighted by molar-refractivity contribution is 7.11. The van der Waals surface area contributed by atoms with E-state index in [0.717, 1.165) is 63.4 Å². The Balaban J connectivity index is 1.49. The molecule has 0 spiro atoms. The van der Waals surface area contributed by atoms with E-state index in [0.29, 0.717) is 0 Å². The molecule has 1 amide bonds. The molecule has 7 heteroatoms. The number of hydrazine groups is 1. The number of carbonyl (C=O) groups is 1. The number of pyridine rings is 1. The lowest BCUT2D eigenvalue weighted by molar-refractivity contribution is -0.129. The fraction of sp³-hybridized carbons (Fsp3) is 0.474. The van der Waals surface area contributed by atoms with E-state index in [2.05, 4.69) is 39.6 Å². The summed E-state index contributed by atoms with van der Waals surface area (Å²) >= 11 is 1.86. The van der Waals surface area contributed by atoms with Crippen molar-refractivity contribution in [3.63, 3.8) is 0 Å². The molecule has 3 heterocycles. The van der Waals surface area contributed by atoms with Crippen LogP contribution >= 0.6 is 11.3 Å². The van der Waals surface area contributed by atoms with Gasteiger partial charge >= 0.3 is 0 Å². The van der Waals surface area contributed by atoms with Crippen LogP contribution in [-0.2, 0) is 24.1 Å². The summed E-state index contributed by atoms with van der Waals surface area (Å²) in [5, 5.41) is 0. The molecule has 1 aliphatic heterocycles. The lowest BCUT2D eigenvalue weighted by atomic mass is 10.2. The Morgan fingerprint density at radius 2 is 1.85 bits per heavy atom. The normalized spacial score (nSPS) is 14.7. The standard InChI is InChI=1S/C19H27N5OS/c1-15(25)23-10-12-24(13-11-23)17-4-2-16(21-14-17)3-5-18-6-7-19(26-18)8-9-22-20/h2,4,6-7,14,22H,3,5,8-13,20H2,1H3. The molecule has 3 N–H and O–H groups in total. The van der Waals surface area contributed by atoms with E-state index in [1.807, 2.05) is 22.4 Å². The Morgan fingerprint density at radius 3 is 2.46 bits per heavy atom. The molecule has 0 saturated carbocycles. The monoisotopic (exact) mass is 373 g/mol. The van der Waals surface area contributed by atoms with E-state index < -0.39 is 0 Å². The maximum atomic E-state index is 11.4. The quantitative estimate of drug-likeness (QED) is 0.570. The molecule has 140 valence electrons. The maximum Gasteiger partial charge on any atom is 0.219 e. The molecule has 0 radical (unpaired) electrons. The number of aromatic nitrogens is 1. The highest BCUT2D eigenvalue weighted by atomic mass is 32.1. The molecule has 26 heavy (non-hydrogen) atoms. The summed E-state index contributed by atoms with van der Waals surface area (Å²) in [6, 6.07) is 8.67. The van der Waals surface area contributed by atoms with Gasteiger partial charge < -0.3 is 9.80 Å². The minimum atomic E-state index is 0.161. The number of carbonyl (C=O) groups excluding carboxylic acids is 1. The number of anilines is 1. The summed E-state index contributed by atoms with van der Waals surface area (Å²) in [5.74, 6) is 5.49. The number of amides is 1. The van der Waals surface area contributed by atoms with E-state index in [-0.39, 0.29) is 5.91 Å². The van der Waals surface area contributed by atoms with Crippen molar-refractivity contribution < 1.29 is 4.79 Å². The minimum absolute atomic E-state index is 0.161. The molecule has 2 aromatic rings. The third kappa shape index (κ3) is 5.03. The van der Waals surface area contributed by atoms with Crippen LogP contribution in [0.15, 0.2) is 30.5 Å². The number of aryl methyl sites for hydroxylation is 2. The first-order valence-electron chi connectivity index (χ1n) is 9.12. The van der Waals surface area contributed by atoms with E-state index in [9.17, 15) is 4.79 Å². The molecule has 1 saturated heterocycles. The number of hydrogen-bond donors (Lipinski definition) is 2. The van der Waals surface area contributed by atoms with Crippen molar-refractivity contribution in [2.24, 2.45) is 5.84 Å². The summed E-state index contributed by atoms with van der Waals surface area (Å²) < 4.78 is 0. The Bertz CT molecular complexity index is 707. The second-order valence-corrected chi connectivity index (χ2v) is 7.83.